The third-order valence-corrected chi connectivity index (χ3v) is 3.24. The third kappa shape index (κ3) is 1.28. The van der Waals surface area contributed by atoms with Gasteiger partial charge in [-0.15, -0.1) is 0 Å². The highest BCUT2D eigenvalue weighted by Crippen LogP contribution is 2.38. The van der Waals surface area contributed by atoms with Gasteiger partial charge in [-0.05, 0) is 13.3 Å². The van der Waals surface area contributed by atoms with Gasteiger partial charge < -0.3 is 9.47 Å². The van der Waals surface area contributed by atoms with Crippen molar-refractivity contribution < 1.29 is 9.47 Å². The molecule has 3 atom stereocenters. The number of nitrogens with zero attached hydrogens (tertiary/aromatic N) is 2. The Balaban J connectivity index is 2.06. The first-order chi connectivity index (χ1) is 7.69. The van der Waals surface area contributed by atoms with Crippen LogP contribution in [-0.4, -0.2) is 21.8 Å². The van der Waals surface area contributed by atoms with E-state index in [4.69, 9.17) is 9.47 Å². The summed E-state index contributed by atoms with van der Waals surface area (Å²) in [5.41, 5.74) is 0.398. The molecule has 0 aromatic carbocycles. The number of aromatic nitrogens is 2. The van der Waals surface area contributed by atoms with Gasteiger partial charge in [0.25, 0.3) is 5.56 Å². The van der Waals surface area contributed by atoms with Gasteiger partial charge in [0.05, 0.1) is 6.10 Å². The summed E-state index contributed by atoms with van der Waals surface area (Å²) >= 11 is 0. The van der Waals surface area contributed by atoms with E-state index in [2.05, 4.69) is 11.9 Å². The predicted molar refractivity (Wildman–Crippen MR) is 56.5 cm³/mol. The second-order valence-electron chi connectivity index (χ2n) is 4.35. The van der Waals surface area contributed by atoms with E-state index in [9.17, 15) is 4.79 Å². The lowest BCUT2D eigenvalue weighted by Crippen LogP contribution is -2.31. The quantitative estimate of drug-likeness (QED) is 0.711. The molecule has 1 aromatic rings. The van der Waals surface area contributed by atoms with E-state index in [-0.39, 0.29) is 24.0 Å². The van der Waals surface area contributed by atoms with Crippen LogP contribution in [0.2, 0.25) is 0 Å². The van der Waals surface area contributed by atoms with Crippen molar-refractivity contribution in [2.75, 3.05) is 0 Å². The molecule has 16 heavy (non-hydrogen) atoms. The summed E-state index contributed by atoms with van der Waals surface area (Å²) < 4.78 is 13.4. The third-order valence-electron chi connectivity index (χ3n) is 3.24. The fourth-order valence-electron chi connectivity index (χ4n) is 2.34. The zero-order valence-corrected chi connectivity index (χ0v) is 9.34. The van der Waals surface area contributed by atoms with Crippen molar-refractivity contribution in [2.24, 2.45) is 0 Å². The Morgan fingerprint density at radius 3 is 3.19 bits per heavy atom. The highest BCUT2D eigenvalue weighted by molar-refractivity contribution is 5.12. The lowest BCUT2D eigenvalue weighted by atomic mass is 10.1. The lowest BCUT2D eigenvalue weighted by Gasteiger charge is -2.23. The van der Waals surface area contributed by atoms with Crippen molar-refractivity contribution >= 4 is 0 Å². The van der Waals surface area contributed by atoms with Crippen LogP contribution in [0.15, 0.2) is 11.0 Å². The van der Waals surface area contributed by atoms with Gasteiger partial charge in [0.1, 0.15) is 12.3 Å². The molecule has 1 aromatic heterocycles. The smallest absolute Gasteiger partial charge is 0.302 e. The standard InChI is InChI=1S/C11H14N2O3/c1-3-7-8-4-9(15-7)13-5-6(2)10(14)12-11(13)16-8/h5,7-9H,3-4H2,1-2H3/t7-,8+,9-/m1/s1. The molecule has 5 nitrogen and oxygen atoms in total. The van der Waals surface area contributed by atoms with Gasteiger partial charge in [-0.2, -0.15) is 4.98 Å². The molecular weight excluding hydrogens is 208 g/mol. The largest absolute Gasteiger partial charge is 0.458 e. The minimum Gasteiger partial charge on any atom is -0.458 e. The summed E-state index contributed by atoms with van der Waals surface area (Å²) in [4.78, 5) is 15.4. The Labute approximate surface area is 93.0 Å². The Bertz CT molecular complexity index is 483. The summed E-state index contributed by atoms with van der Waals surface area (Å²) in [6, 6.07) is 0.396. The maximum absolute atomic E-state index is 11.4. The van der Waals surface area contributed by atoms with E-state index in [0.717, 1.165) is 12.8 Å². The van der Waals surface area contributed by atoms with Crippen molar-refractivity contribution in [3.63, 3.8) is 0 Å². The normalized spacial score (nSPS) is 31.0. The average molecular weight is 222 g/mol. The molecule has 0 unspecified atom stereocenters. The molecule has 0 aliphatic carbocycles. The van der Waals surface area contributed by atoms with Crippen LogP contribution in [0.25, 0.3) is 0 Å². The number of hydrogen-bond acceptors (Lipinski definition) is 4. The Morgan fingerprint density at radius 1 is 1.62 bits per heavy atom. The molecule has 2 bridgehead atoms. The fourth-order valence-corrected chi connectivity index (χ4v) is 2.34. The summed E-state index contributed by atoms with van der Waals surface area (Å²) in [6.07, 6.45) is 3.66. The Hall–Kier alpha value is -1.36. The summed E-state index contributed by atoms with van der Waals surface area (Å²) in [5, 5.41) is 0. The van der Waals surface area contributed by atoms with Crippen LogP contribution in [0, 0.1) is 6.92 Å². The molecule has 0 saturated carbocycles. The first kappa shape index (κ1) is 9.84. The molecule has 2 aliphatic rings. The van der Waals surface area contributed by atoms with Crippen molar-refractivity contribution in [1.29, 1.82) is 0 Å². The Kier molecular flexibility index (Phi) is 2.04. The topological polar surface area (TPSA) is 53.4 Å². The van der Waals surface area contributed by atoms with Gasteiger partial charge >= 0.3 is 6.01 Å². The Morgan fingerprint density at radius 2 is 2.44 bits per heavy atom. The van der Waals surface area contributed by atoms with Crippen LogP contribution in [0.4, 0.5) is 0 Å². The van der Waals surface area contributed by atoms with E-state index >= 15 is 0 Å². The van der Waals surface area contributed by atoms with E-state index in [0.29, 0.717) is 11.6 Å². The summed E-state index contributed by atoms with van der Waals surface area (Å²) in [6.45, 7) is 3.82. The van der Waals surface area contributed by atoms with Gasteiger partial charge in [-0.25, -0.2) is 0 Å². The van der Waals surface area contributed by atoms with Crippen molar-refractivity contribution in [2.45, 2.75) is 45.1 Å². The highest BCUT2D eigenvalue weighted by atomic mass is 16.6. The SMILES string of the molecule is CC[C@H]1O[C@@H]2C[C@@H]1Oc1nc(=O)c(C)cn12. The molecule has 3 rings (SSSR count). The molecule has 0 spiro atoms. The van der Waals surface area contributed by atoms with E-state index in [1.54, 1.807) is 13.1 Å². The highest BCUT2D eigenvalue weighted by Gasteiger charge is 2.42. The number of ether oxygens (including phenoxy) is 2. The maximum atomic E-state index is 11.4. The maximum Gasteiger partial charge on any atom is 0.302 e. The molecule has 2 aliphatic heterocycles. The molecule has 86 valence electrons. The van der Waals surface area contributed by atoms with Gasteiger partial charge in [0, 0.05) is 18.2 Å². The molecule has 5 heteroatoms. The van der Waals surface area contributed by atoms with E-state index in [1.165, 1.54) is 0 Å². The van der Waals surface area contributed by atoms with Crippen LogP contribution < -0.4 is 10.3 Å². The zero-order chi connectivity index (χ0) is 11.3. The second-order valence-corrected chi connectivity index (χ2v) is 4.35. The first-order valence-electron chi connectivity index (χ1n) is 5.61. The van der Waals surface area contributed by atoms with E-state index in [1.807, 2.05) is 4.57 Å². The second kappa shape index (κ2) is 3.31. The minimum atomic E-state index is -0.222. The van der Waals surface area contributed by atoms with Crippen molar-refractivity contribution in [3.05, 3.63) is 22.1 Å². The number of rotatable bonds is 1. The summed E-state index contributed by atoms with van der Waals surface area (Å²) in [7, 11) is 0. The molecule has 1 saturated heterocycles. The molecule has 0 radical (unpaired) electrons. The minimum absolute atomic E-state index is 0.0227. The number of hydrogen-bond donors (Lipinski definition) is 0. The van der Waals surface area contributed by atoms with Crippen LogP contribution >= 0.6 is 0 Å². The van der Waals surface area contributed by atoms with Gasteiger partial charge in [0.15, 0.2) is 0 Å². The van der Waals surface area contributed by atoms with Gasteiger partial charge in [-0.1, -0.05) is 6.92 Å². The first-order valence-corrected chi connectivity index (χ1v) is 5.61. The van der Waals surface area contributed by atoms with Crippen molar-refractivity contribution in [1.82, 2.24) is 9.55 Å². The van der Waals surface area contributed by atoms with Crippen LogP contribution in [0.3, 0.4) is 0 Å². The predicted octanol–water partition coefficient (Wildman–Crippen LogP) is 1.01. The van der Waals surface area contributed by atoms with E-state index < -0.39 is 0 Å². The van der Waals surface area contributed by atoms with Crippen LogP contribution in [0.1, 0.15) is 31.6 Å². The average Bonchev–Trinajstić information content (AvgIpc) is 2.60. The van der Waals surface area contributed by atoms with Crippen molar-refractivity contribution in [3.8, 4) is 6.01 Å². The molecule has 0 N–H and O–H groups in total. The molecule has 3 heterocycles. The zero-order valence-electron chi connectivity index (χ0n) is 9.34. The van der Waals surface area contributed by atoms with Gasteiger partial charge in [0.2, 0.25) is 0 Å². The van der Waals surface area contributed by atoms with Gasteiger partial charge in [-0.3, -0.25) is 9.36 Å². The molecule has 0 amide bonds. The molecular formula is C11H14N2O3. The number of fused-ring (bicyclic) bond motifs is 4. The fraction of sp³-hybridized carbons (Fsp3) is 0.636. The lowest BCUT2D eigenvalue weighted by molar-refractivity contribution is 0.00106. The number of aryl methyl sites for hydroxylation is 1. The molecule has 1 fully saturated rings. The summed E-state index contributed by atoms with van der Waals surface area (Å²) in [5.74, 6) is 0. The van der Waals surface area contributed by atoms with Crippen LogP contribution in [0.5, 0.6) is 6.01 Å². The van der Waals surface area contributed by atoms with Crippen LogP contribution in [-0.2, 0) is 4.74 Å². The monoisotopic (exact) mass is 222 g/mol.